The van der Waals surface area contributed by atoms with Gasteiger partial charge in [-0.05, 0) is 24.1 Å². The van der Waals surface area contributed by atoms with Gasteiger partial charge >= 0.3 is 0 Å². The predicted molar refractivity (Wildman–Crippen MR) is 124 cm³/mol. The number of hydrogen-bond donors (Lipinski definition) is 1. The molecule has 1 N–H and O–H groups in total. The van der Waals surface area contributed by atoms with Crippen LogP contribution in [0.25, 0.3) is 0 Å². The molecule has 0 fully saturated rings. The molecule has 0 saturated carbocycles. The summed E-state index contributed by atoms with van der Waals surface area (Å²) in [4.78, 5) is 25.5. The smallest absolute Gasteiger partial charge is 0.249 e. The number of hydrogen-bond acceptors (Lipinski definition) is 7. The molecule has 3 aromatic rings. The predicted octanol–water partition coefficient (Wildman–Crippen LogP) is 2.68. The lowest BCUT2D eigenvalue weighted by Gasteiger charge is -2.40. The van der Waals surface area contributed by atoms with Crippen molar-refractivity contribution in [2.45, 2.75) is 32.5 Å². The summed E-state index contributed by atoms with van der Waals surface area (Å²) < 4.78 is 20.1. The van der Waals surface area contributed by atoms with Gasteiger partial charge in [0.2, 0.25) is 11.9 Å². The molecule has 0 unspecified atom stereocenters. The van der Waals surface area contributed by atoms with E-state index < -0.39 is 0 Å². The van der Waals surface area contributed by atoms with Gasteiger partial charge in [0.15, 0.2) is 5.82 Å². The molecule has 0 radical (unpaired) electrons. The van der Waals surface area contributed by atoms with Gasteiger partial charge in [-0.3, -0.25) is 9.48 Å². The Morgan fingerprint density at radius 2 is 1.97 bits per heavy atom. The third kappa shape index (κ3) is 4.95. The average molecular weight is 454 g/mol. The van der Waals surface area contributed by atoms with Crippen molar-refractivity contribution in [2.24, 2.45) is 0 Å². The number of carbonyl (C=O) groups is 1. The van der Waals surface area contributed by atoms with E-state index in [2.05, 4.69) is 15.4 Å². The number of nitrogens with one attached hydrogen (secondary N) is 1. The van der Waals surface area contributed by atoms with Gasteiger partial charge in [0.05, 0.1) is 25.5 Å². The van der Waals surface area contributed by atoms with Crippen LogP contribution in [0.3, 0.4) is 0 Å². The summed E-state index contributed by atoms with van der Waals surface area (Å²) in [6, 6.07) is 6.09. The number of anilines is 3. The van der Waals surface area contributed by atoms with Crippen LogP contribution in [-0.4, -0.2) is 59.0 Å². The van der Waals surface area contributed by atoms with E-state index in [1.165, 1.54) is 12.1 Å². The van der Waals surface area contributed by atoms with Gasteiger partial charge < -0.3 is 19.9 Å². The van der Waals surface area contributed by atoms with Crippen LogP contribution in [0.4, 0.5) is 21.8 Å². The van der Waals surface area contributed by atoms with Crippen LogP contribution in [0, 0.1) is 5.82 Å². The third-order valence-corrected chi connectivity index (χ3v) is 5.69. The standard InChI is InChI=1S/C23H28FN7O2/c1-4-19-22(32)29(2)20-13-26-23(28-21(20)31(19)9-10-33-3)25-11-17-12-27-30(15-17)14-16-5-7-18(24)8-6-16/h5-8,12-13,15,19H,4,9-11,14H2,1-3H3,(H,25,26,28)/t19-/m0/s1. The lowest BCUT2D eigenvalue weighted by molar-refractivity contribution is -0.120. The minimum absolute atomic E-state index is 0.0268. The molecule has 3 heterocycles. The zero-order chi connectivity index (χ0) is 23.4. The molecule has 4 rings (SSSR count). The minimum atomic E-state index is -0.287. The van der Waals surface area contributed by atoms with Crippen LogP contribution in [0.1, 0.15) is 24.5 Å². The summed E-state index contributed by atoms with van der Waals surface area (Å²) >= 11 is 0. The minimum Gasteiger partial charge on any atom is -0.383 e. The van der Waals surface area contributed by atoms with Gasteiger partial charge in [-0.2, -0.15) is 10.1 Å². The molecule has 0 bridgehead atoms. The first-order valence-corrected chi connectivity index (χ1v) is 10.9. The van der Waals surface area contributed by atoms with E-state index in [-0.39, 0.29) is 17.8 Å². The number of likely N-dealkylation sites (N-methyl/N-ethyl adjacent to an activating group) is 1. The van der Waals surface area contributed by atoms with Gasteiger partial charge in [-0.1, -0.05) is 19.1 Å². The highest BCUT2D eigenvalue weighted by Crippen LogP contribution is 2.34. The Balaban J connectivity index is 1.47. The molecule has 1 atom stereocenters. The van der Waals surface area contributed by atoms with Crippen LogP contribution in [-0.2, 0) is 22.6 Å². The molecule has 0 aliphatic carbocycles. The Hall–Kier alpha value is -3.53. The third-order valence-electron chi connectivity index (χ3n) is 5.69. The number of ether oxygens (including phenoxy) is 1. The van der Waals surface area contributed by atoms with E-state index >= 15 is 0 Å². The van der Waals surface area contributed by atoms with E-state index in [4.69, 9.17) is 9.72 Å². The fourth-order valence-electron chi connectivity index (χ4n) is 3.91. The van der Waals surface area contributed by atoms with Gasteiger partial charge in [0, 0.05) is 39.0 Å². The van der Waals surface area contributed by atoms with Gasteiger partial charge in [-0.15, -0.1) is 0 Å². The number of methoxy groups -OCH3 is 1. The van der Waals surface area contributed by atoms with Gasteiger partial charge in [0.25, 0.3) is 0 Å². The molecule has 10 heteroatoms. The van der Waals surface area contributed by atoms with Crippen LogP contribution in [0.2, 0.25) is 0 Å². The first-order valence-electron chi connectivity index (χ1n) is 10.9. The van der Waals surface area contributed by atoms with Crippen molar-refractivity contribution in [3.8, 4) is 0 Å². The number of halogens is 1. The second kappa shape index (κ2) is 9.95. The molecule has 2 aromatic heterocycles. The van der Waals surface area contributed by atoms with Crippen molar-refractivity contribution in [1.82, 2.24) is 19.7 Å². The molecule has 0 spiro atoms. The van der Waals surface area contributed by atoms with Crippen LogP contribution in [0.15, 0.2) is 42.9 Å². The Bertz CT molecular complexity index is 1100. The normalized spacial score (nSPS) is 15.6. The average Bonchev–Trinajstić information content (AvgIpc) is 3.27. The number of carbonyl (C=O) groups excluding carboxylic acids is 1. The van der Waals surface area contributed by atoms with Crippen molar-refractivity contribution in [3.05, 3.63) is 59.8 Å². The summed E-state index contributed by atoms with van der Waals surface area (Å²) in [5, 5.41) is 7.62. The quantitative estimate of drug-likeness (QED) is 0.533. The topological polar surface area (TPSA) is 88.4 Å². The summed E-state index contributed by atoms with van der Waals surface area (Å²) in [7, 11) is 3.40. The second-order valence-electron chi connectivity index (χ2n) is 7.94. The highest BCUT2D eigenvalue weighted by atomic mass is 19.1. The van der Waals surface area contributed by atoms with E-state index in [1.54, 1.807) is 48.3 Å². The summed E-state index contributed by atoms with van der Waals surface area (Å²) in [6.07, 6.45) is 6.05. The largest absolute Gasteiger partial charge is 0.383 e. The maximum absolute atomic E-state index is 13.1. The monoisotopic (exact) mass is 453 g/mol. The summed E-state index contributed by atoms with van der Waals surface area (Å²) in [5.74, 6) is 0.959. The van der Waals surface area contributed by atoms with Crippen molar-refractivity contribution < 1.29 is 13.9 Å². The molecule has 1 amide bonds. The molecule has 9 nitrogen and oxygen atoms in total. The Labute approximate surface area is 192 Å². The van der Waals surface area contributed by atoms with Gasteiger partial charge in [0.1, 0.15) is 17.5 Å². The molecule has 1 aliphatic heterocycles. The Morgan fingerprint density at radius 3 is 2.70 bits per heavy atom. The fourth-order valence-corrected chi connectivity index (χ4v) is 3.91. The van der Waals surface area contributed by atoms with E-state index in [0.717, 1.165) is 11.1 Å². The van der Waals surface area contributed by atoms with E-state index in [0.29, 0.717) is 50.1 Å². The molecule has 33 heavy (non-hydrogen) atoms. The summed E-state index contributed by atoms with van der Waals surface area (Å²) in [5.41, 5.74) is 2.61. The zero-order valence-corrected chi connectivity index (χ0v) is 19.0. The second-order valence-corrected chi connectivity index (χ2v) is 7.94. The van der Waals surface area contributed by atoms with Crippen LogP contribution < -0.4 is 15.1 Å². The molecule has 174 valence electrons. The van der Waals surface area contributed by atoms with E-state index in [1.807, 2.05) is 18.0 Å². The lowest BCUT2D eigenvalue weighted by atomic mass is 10.1. The summed E-state index contributed by atoms with van der Waals surface area (Å²) in [6.45, 7) is 4.10. The van der Waals surface area contributed by atoms with Crippen molar-refractivity contribution >= 4 is 23.4 Å². The number of amides is 1. The zero-order valence-electron chi connectivity index (χ0n) is 19.0. The van der Waals surface area contributed by atoms with Crippen molar-refractivity contribution in [2.75, 3.05) is 42.4 Å². The maximum Gasteiger partial charge on any atom is 0.249 e. The van der Waals surface area contributed by atoms with Crippen molar-refractivity contribution in [1.29, 1.82) is 0 Å². The SMILES string of the molecule is CC[C@H]1C(=O)N(C)c2cnc(NCc3cnn(Cc4ccc(F)cc4)c3)nc2N1CCOC. The van der Waals surface area contributed by atoms with Crippen LogP contribution >= 0.6 is 0 Å². The Morgan fingerprint density at radius 1 is 1.18 bits per heavy atom. The number of nitrogens with zero attached hydrogens (tertiary/aromatic N) is 6. The maximum atomic E-state index is 13.1. The fraction of sp³-hybridized carbons (Fsp3) is 0.391. The molecule has 1 aromatic carbocycles. The molecule has 0 saturated heterocycles. The number of aromatic nitrogens is 4. The number of rotatable bonds is 9. The highest BCUT2D eigenvalue weighted by molar-refractivity contribution is 6.04. The lowest BCUT2D eigenvalue weighted by Crippen LogP contribution is -2.53. The first-order chi connectivity index (χ1) is 16.0. The number of benzene rings is 1. The first kappa shape index (κ1) is 22.7. The van der Waals surface area contributed by atoms with Crippen LogP contribution in [0.5, 0.6) is 0 Å². The molecular formula is C23H28FN7O2. The Kier molecular flexibility index (Phi) is 6.83. The van der Waals surface area contributed by atoms with Gasteiger partial charge in [-0.25, -0.2) is 9.37 Å². The highest BCUT2D eigenvalue weighted by Gasteiger charge is 2.36. The number of fused-ring (bicyclic) bond motifs is 1. The molecule has 1 aliphatic rings. The van der Waals surface area contributed by atoms with E-state index in [9.17, 15) is 9.18 Å². The van der Waals surface area contributed by atoms with Crippen molar-refractivity contribution in [3.63, 3.8) is 0 Å². The molecular weight excluding hydrogens is 425 g/mol.